The van der Waals surface area contributed by atoms with Crippen LogP contribution in [0.2, 0.25) is 5.02 Å². The number of aromatic nitrogens is 1. The van der Waals surface area contributed by atoms with E-state index in [0.717, 1.165) is 0 Å². The Hall–Kier alpha value is -2.60. The van der Waals surface area contributed by atoms with Gasteiger partial charge in [0.05, 0.1) is 29.1 Å². The summed E-state index contributed by atoms with van der Waals surface area (Å²) < 4.78 is 4.75. The summed E-state index contributed by atoms with van der Waals surface area (Å²) in [4.78, 5) is 30.0. The molecule has 0 atom stereocenters. The molecule has 1 aromatic carbocycles. The lowest BCUT2D eigenvalue weighted by Gasteiger charge is -2.20. The van der Waals surface area contributed by atoms with Crippen LogP contribution in [0.1, 0.15) is 20.8 Å². The predicted octanol–water partition coefficient (Wildman–Crippen LogP) is 2.84. The van der Waals surface area contributed by atoms with Crippen LogP contribution in [-0.4, -0.2) is 38.1 Å². The number of nitrogens with one attached hydrogen (secondary N) is 1. The number of anilines is 2. The first-order chi connectivity index (χ1) is 11.0. The van der Waals surface area contributed by atoms with Gasteiger partial charge in [-0.3, -0.25) is 4.79 Å². The van der Waals surface area contributed by atoms with Gasteiger partial charge in [-0.15, -0.1) is 0 Å². The highest BCUT2D eigenvalue weighted by atomic mass is 35.5. The van der Waals surface area contributed by atoms with Crippen molar-refractivity contribution in [2.24, 2.45) is 0 Å². The standard InChI is InChI=1S/C16H16ClN3O3/c1-18-12-8-10(17)9-19-14(12)15(21)20(2)13-7-5-4-6-11(13)16(22)23-3/h4-9,18H,1-3H3. The first kappa shape index (κ1) is 16.8. The van der Waals surface area contributed by atoms with Crippen LogP contribution in [0.5, 0.6) is 0 Å². The molecule has 0 spiro atoms. The molecule has 0 unspecified atom stereocenters. The Kier molecular flexibility index (Phi) is 5.18. The fourth-order valence-corrected chi connectivity index (χ4v) is 2.28. The fourth-order valence-electron chi connectivity index (χ4n) is 2.12. The SMILES string of the molecule is CNc1cc(Cl)cnc1C(=O)N(C)c1ccccc1C(=O)OC. The van der Waals surface area contributed by atoms with E-state index in [1.807, 2.05) is 0 Å². The van der Waals surface area contributed by atoms with Crippen molar-refractivity contribution in [2.75, 3.05) is 31.4 Å². The van der Waals surface area contributed by atoms with Crippen LogP contribution in [0.4, 0.5) is 11.4 Å². The molecule has 120 valence electrons. The summed E-state index contributed by atoms with van der Waals surface area (Å²) in [5, 5.41) is 3.31. The van der Waals surface area contributed by atoms with Gasteiger partial charge >= 0.3 is 5.97 Å². The van der Waals surface area contributed by atoms with Crippen molar-refractivity contribution < 1.29 is 14.3 Å². The van der Waals surface area contributed by atoms with E-state index < -0.39 is 5.97 Å². The van der Waals surface area contributed by atoms with E-state index in [1.165, 1.54) is 18.2 Å². The number of benzene rings is 1. The molecule has 2 aromatic rings. The van der Waals surface area contributed by atoms with Gasteiger partial charge in [0.1, 0.15) is 0 Å². The Morgan fingerprint density at radius 1 is 1.30 bits per heavy atom. The molecule has 1 N–H and O–H groups in total. The number of esters is 1. The number of hydrogen-bond donors (Lipinski definition) is 1. The van der Waals surface area contributed by atoms with Crippen LogP contribution in [0.25, 0.3) is 0 Å². The summed E-state index contributed by atoms with van der Waals surface area (Å²) in [7, 11) is 4.53. The minimum Gasteiger partial charge on any atom is -0.465 e. The number of nitrogens with zero attached hydrogens (tertiary/aromatic N) is 2. The lowest BCUT2D eigenvalue weighted by molar-refractivity contribution is 0.0601. The van der Waals surface area contributed by atoms with Crippen LogP contribution in [0.15, 0.2) is 36.5 Å². The Balaban J connectivity index is 2.44. The molecule has 2 rings (SSSR count). The molecule has 1 amide bonds. The maximum atomic E-state index is 12.7. The third-order valence-corrected chi connectivity index (χ3v) is 3.51. The number of hydrogen-bond acceptors (Lipinski definition) is 5. The van der Waals surface area contributed by atoms with Crippen molar-refractivity contribution in [1.29, 1.82) is 0 Å². The smallest absolute Gasteiger partial charge is 0.339 e. The maximum Gasteiger partial charge on any atom is 0.339 e. The molecular formula is C16H16ClN3O3. The van der Waals surface area contributed by atoms with E-state index in [-0.39, 0.29) is 11.6 Å². The minimum atomic E-state index is -0.516. The zero-order valence-corrected chi connectivity index (χ0v) is 13.7. The minimum absolute atomic E-state index is 0.207. The summed E-state index contributed by atoms with van der Waals surface area (Å²) >= 11 is 5.89. The molecule has 0 fully saturated rings. The Morgan fingerprint density at radius 2 is 2.00 bits per heavy atom. The van der Waals surface area contributed by atoms with Gasteiger partial charge in [-0.1, -0.05) is 23.7 Å². The highest BCUT2D eigenvalue weighted by Crippen LogP contribution is 2.24. The molecular weight excluding hydrogens is 318 g/mol. The second-order valence-electron chi connectivity index (χ2n) is 4.67. The number of ether oxygens (including phenoxy) is 1. The molecule has 0 saturated heterocycles. The van der Waals surface area contributed by atoms with Crippen molar-refractivity contribution in [3.05, 3.63) is 52.8 Å². The summed E-state index contributed by atoms with van der Waals surface area (Å²) in [6, 6.07) is 8.31. The van der Waals surface area contributed by atoms with E-state index >= 15 is 0 Å². The summed E-state index contributed by atoms with van der Waals surface area (Å²) in [5.41, 5.74) is 1.44. The number of carbonyl (C=O) groups excluding carboxylic acids is 2. The molecule has 0 aliphatic rings. The summed E-state index contributed by atoms with van der Waals surface area (Å²) in [6.45, 7) is 0. The quantitative estimate of drug-likeness (QED) is 0.871. The molecule has 1 heterocycles. The zero-order chi connectivity index (χ0) is 17.0. The van der Waals surface area contributed by atoms with Gasteiger partial charge < -0.3 is 15.0 Å². The van der Waals surface area contributed by atoms with Crippen LogP contribution in [-0.2, 0) is 4.74 Å². The van der Waals surface area contributed by atoms with Gasteiger partial charge in [-0.25, -0.2) is 9.78 Å². The van der Waals surface area contributed by atoms with Gasteiger partial charge in [0, 0.05) is 20.3 Å². The van der Waals surface area contributed by atoms with Crippen molar-refractivity contribution in [2.45, 2.75) is 0 Å². The number of rotatable bonds is 4. The third-order valence-electron chi connectivity index (χ3n) is 3.30. The number of para-hydroxylation sites is 1. The van der Waals surface area contributed by atoms with E-state index in [9.17, 15) is 9.59 Å². The first-order valence-electron chi connectivity index (χ1n) is 6.78. The number of pyridine rings is 1. The fraction of sp³-hybridized carbons (Fsp3) is 0.188. The van der Waals surface area contributed by atoms with Gasteiger partial charge in [0.2, 0.25) is 0 Å². The summed E-state index contributed by atoms with van der Waals surface area (Å²) in [6.07, 6.45) is 1.40. The number of carbonyl (C=O) groups is 2. The van der Waals surface area contributed by atoms with Crippen molar-refractivity contribution in [3.8, 4) is 0 Å². The van der Waals surface area contributed by atoms with Gasteiger partial charge in [0.15, 0.2) is 5.69 Å². The average Bonchev–Trinajstić information content (AvgIpc) is 2.59. The summed E-state index contributed by atoms with van der Waals surface area (Å²) in [5.74, 6) is -0.888. The molecule has 1 aromatic heterocycles. The average molecular weight is 334 g/mol. The lowest BCUT2D eigenvalue weighted by Crippen LogP contribution is -2.29. The van der Waals surface area contributed by atoms with Crippen molar-refractivity contribution in [1.82, 2.24) is 4.98 Å². The van der Waals surface area contributed by atoms with Crippen molar-refractivity contribution >= 4 is 34.9 Å². The van der Waals surface area contributed by atoms with Gasteiger partial charge in [-0.2, -0.15) is 0 Å². The van der Waals surface area contributed by atoms with Crippen LogP contribution < -0.4 is 10.2 Å². The Labute approximate surface area is 139 Å². The van der Waals surface area contributed by atoms with Gasteiger partial charge in [-0.05, 0) is 18.2 Å². The predicted molar refractivity (Wildman–Crippen MR) is 89.3 cm³/mol. The molecule has 0 aliphatic carbocycles. The first-order valence-corrected chi connectivity index (χ1v) is 7.16. The van der Waals surface area contributed by atoms with Crippen LogP contribution >= 0.6 is 11.6 Å². The monoisotopic (exact) mass is 333 g/mol. The zero-order valence-electron chi connectivity index (χ0n) is 13.0. The maximum absolute atomic E-state index is 12.7. The Morgan fingerprint density at radius 3 is 2.65 bits per heavy atom. The van der Waals surface area contributed by atoms with Crippen LogP contribution in [0, 0.1) is 0 Å². The van der Waals surface area contributed by atoms with Gasteiger partial charge in [0.25, 0.3) is 5.91 Å². The molecule has 0 radical (unpaired) electrons. The molecule has 0 bridgehead atoms. The topological polar surface area (TPSA) is 71.5 Å². The van der Waals surface area contributed by atoms with E-state index in [1.54, 1.807) is 44.4 Å². The normalized spacial score (nSPS) is 10.1. The van der Waals surface area contributed by atoms with E-state index in [0.29, 0.717) is 22.0 Å². The number of methoxy groups -OCH3 is 1. The second-order valence-corrected chi connectivity index (χ2v) is 5.11. The van der Waals surface area contributed by atoms with E-state index in [2.05, 4.69) is 10.3 Å². The Bertz CT molecular complexity index is 749. The second kappa shape index (κ2) is 7.11. The third kappa shape index (κ3) is 3.43. The lowest BCUT2D eigenvalue weighted by atomic mass is 10.1. The molecule has 7 heteroatoms. The molecule has 23 heavy (non-hydrogen) atoms. The number of amides is 1. The largest absolute Gasteiger partial charge is 0.465 e. The van der Waals surface area contributed by atoms with Crippen molar-refractivity contribution in [3.63, 3.8) is 0 Å². The van der Waals surface area contributed by atoms with Crippen LogP contribution in [0.3, 0.4) is 0 Å². The molecule has 6 nitrogen and oxygen atoms in total. The highest BCUT2D eigenvalue weighted by molar-refractivity contribution is 6.31. The molecule has 0 saturated carbocycles. The number of halogens is 1. The molecule has 0 aliphatic heterocycles. The van der Waals surface area contributed by atoms with E-state index in [4.69, 9.17) is 16.3 Å². The highest BCUT2D eigenvalue weighted by Gasteiger charge is 2.22.